The summed E-state index contributed by atoms with van der Waals surface area (Å²) in [6, 6.07) is 14.1. The first kappa shape index (κ1) is 16.2. The van der Waals surface area contributed by atoms with Gasteiger partial charge in [-0.25, -0.2) is 5.01 Å². The Morgan fingerprint density at radius 1 is 1.17 bits per heavy atom. The van der Waals surface area contributed by atoms with Gasteiger partial charge in [-0.3, -0.25) is 4.79 Å². The summed E-state index contributed by atoms with van der Waals surface area (Å²) in [6.07, 6.45) is 0.718. The zero-order valence-corrected chi connectivity index (χ0v) is 14.5. The van der Waals surface area contributed by atoms with Crippen LogP contribution in [-0.4, -0.2) is 23.7 Å². The molecule has 124 valence electrons. The molecule has 0 N–H and O–H groups in total. The number of hydrogen-bond acceptors (Lipinski definition) is 3. The summed E-state index contributed by atoms with van der Waals surface area (Å²) >= 11 is 0. The van der Waals surface area contributed by atoms with Crippen LogP contribution in [0.4, 0.5) is 0 Å². The molecule has 0 spiro atoms. The van der Waals surface area contributed by atoms with Crippen LogP contribution < -0.4 is 4.74 Å². The van der Waals surface area contributed by atoms with E-state index in [9.17, 15) is 4.79 Å². The Balaban J connectivity index is 1.94. The van der Waals surface area contributed by atoms with Crippen LogP contribution in [0.3, 0.4) is 0 Å². The molecule has 24 heavy (non-hydrogen) atoms. The van der Waals surface area contributed by atoms with E-state index < -0.39 is 0 Å². The van der Waals surface area contributed by atoms with Gasteiger partial charge in [0.2, 0.25) is 5.91 Å². The zero-order chi connectivity index (χ0) is 17.3. The number of methoxy groups -OCH3 is 1. The summed E-state index contributed by atoms with van der Waals surface area (Å²) < 4.78 is 5.21. The highest BCUT2D eigenvalue weighted by atomic mass is 16.5. The van der Waals surface area contributed by atoms with E-state index in [0.29, 0.717) is 0 Å². The fourth-order valence-electron chi connectivity index (χ4n) is 3.19. The summed E-state index contributed by atoms with van der Waals surface area (Å²) in [5.74, 6) is 0.761. The lowest BCUT2D eigenvalue weighted by atomic mass is 9.95. The molecule has 1 heterocycles. The van der Waals surface area contributed by atoms with Gasteiger partial charge in [-0.2, -0.15) is 5.10 Å². The van der Waals surface area contributed by atoms with Crippen molar-refractivity contribution in [3.05, 3.63) is 64.7 Å². The van der Waals surface area contributed by atoms with Gasteiger partial charge in [0, 0.05) is 18.9 Å². The number of ether oxygens (including phenoxy) is 1. The van der Waals surface area contributed by atoms with E-state index in [2.05, 4.69) is 37.1 Å². The molecule has 1 amide bonds. The summed E-state index contributed by atoms with van der Waals surface area (Å²) in [5.41, 5.74) is 5.55. The fourth-order valence-corrected chi connectivity index (χ4v) is 3.19. The van der Waals surface area contributed by atoms with Crippen molar-refractivity contribution in [1.29, 1.82) is 0 Å². The summed E-state index contributed by atoms with van der Waals surface area (Å²) in [4.78, 5) is 12.1. The average Bonchev–Trinajstić information content (AvgIpc) is 3.00. The third-order valence-corrected chi connectivity index (χ3v) is 4.43. The third-order valence-electron chi connectivity index (χ3n) is 4.43. The van der Waals surface area contributed by atoms with Crippen LogP contribution in [0.5, 0.6) is 5.75 Å². The van der Waals surface area contributed by atoms with Crippen LogP contribution in [0.15, 0.2) is 47.6 Å². The van der Waals surface area contributed by atoms with Gasteiger partial charge in [0.15, 0.2) is 0 Å². The number of amides is 1. The molecule has 0 saturated carbocycles. The Bertz CT molecular complexity index is 794. The van der Waals surface area contributed by atoms with Crippen molar-refractivity contribution in [3.8, 4) is 5.75 Å². The second-order valence-corrected chi connectivity index (χ2v) is 6.22. The quantitative estimate of drug-likeness (QED) is 0.857. The van der Waals surface area contributed by atoms with Crippen molar-refractivity contribution in [3.63, 3.8) is 0 Å². The van der Waals surface area contributed by atoms with E-state index in [0.717, 1.165) is 29.0 Å². The Morgan fingerprint density at radius 3 is 2.46 bits per heavy atom. The first-order valence-electron chi connectivity index (χ1n) is 8.08. The highest BCUT2D eigenvalue weighted by molar-refractivity contribution is 6.04. The van der Waals surface area contributed by atoms with Crippen LogP contribution in [0.25, 0.3) is 0 Å². The second-order valence-electron chi connectivity index (χ2n) is 6.22. The van der Waals surface area contributed by atoms with Gasteiger partial charge < -0.3 is 4.74 Å². The van der Waals surface area contributed by atoms with E-state index in [1.807, 2.05) is 24.3 Å². The lowest BCUT2D eigenvalue weighted by Crippen LogP contribution is -2.24. The molecule has 4 nitrogen and oxygen atoms in total. The normalized spacial score (nSPS) is 16.9. The minimum atomic E-state index is -0.0656. The molecule has 0 radical (unpaired) electrons. The van der Waals surface area contributed by atoms with Gasteiger partial charge >= 0.3 is 0 Å². The molecule has 0 aliphatic carbocycles. The monoisotopic (exact) mass is 322 g/mol. The van der Waals surface area contributed by atoms with Crippen molar-refractivity contribution in [2.45, 2.75) is 33.2 Å². The smallest absolute Gasteiger partial charge is 0.240 e. The number of carbonyl (C=O) groups is 1. The SMILES string of the molecule is COc1ccc([C@H]2CC(c3ccc(C)cc3C)=NN2C(C)=O)cc1. The lowest BCUT2D eigenvalue weighted by molar-refractivity contribution is -0.130. The van der Waals surface area contributed by atoms with Gasteiger partial charge in [-0.1, -0.05) is 35.9 Å². The Kier molecular flexibility index (Phi) is 4.38. The first-order chi connectivity index (χ1) is 11.5. The van der Waals surface area contributed by atoms with Gasteiger partial charge in [-0.05, 0) is 37.1 Å². The largest absolute Gasteiger partial charge is 0.497 e. The molecule has 0 saturated heterocycles. The summed E-state index contributed by atoms with van der Waals surface area (Å²) in [5, 5.41) is 6.21. The molecule has 0 fully saturated rings. The number of benzene rings is 2. The van der Waals surface area contributed by atoms with Crippen LogP contribution in [-0.2, 0) is 4.79 Å². The van der Waals surface area contributed by atoms with Crippen molar-refractivity contribution in [1.82, 2.24) is 5.01 Å². The van der Waals surface area contributed by atoms with Crippen molar-refractivity contribution < 1.29 is 9.53 Å². The standard InChI is InChI=1S/C20H22N2O2/c1-13-5-10-18(14(2)11-13)19-12-20(22(21-19)15(3)23)16-6-8-17(24-4)9-7-16/h5-11,20H,12H2,1-4H3/t20-/m1/s1. The van der Waals surface area contributed by atoms with Gasteiger partial charge in [-0.15, -0.1) is 0 Å². The van der Waals surface area contributed by atoms with E-state index in [4.69, 9.17) is 4.74 Å². The highest BCUT2D eigenvalue weighted by Crippen LogP contribution is 2.34. The van der Waals surface area contributed by atoms with Crippen molar-refractivity contribution >= 4 is 11.6 Å². The zero-order valence-electron chi connectivity index (χ0n) is 14.5. The molecule has 4 heteroatoms. The molecule has 2 aromatic carbocycles. The molecule has 1 atom stereocenters. The first-order valence-corrected chi connectivity index (χ1v) is 8.08. The molecular formula is C20H22N2O2. The van der Waals surface area contributed by atoms with E-state index in [1.165, 1.54) is 11.1 Å². The molecular weight excluding hydrogens is 300 g/mol. The maximum atomic E-state index is 12.1. The Hall–Kier alpha value is -2.62. The van der Waals surface area contributed by atoms with Crippen LogP contribution in [0, 0.1) is 13.8 Å². The fraction of sp³-hybridized carbons (Fsp3) is 0.300. The Labute approximate surface area is 142 Å². The minimum Gasteiger partial charge on any atom is -0.497 e. The second kappa shape index (κ2) is 6.48. The van der Waals surface area contributed by atoms with E-state index in [-0.39, 0.29) is 11.9 Å². The van der Waals surface area contributed by atoms with Crippen LogP contribution in [0.1, 0.15) is 41.6 Å². The predicted molar refractivity (Wildman–Crippen MR) is 95.3 cm³/mol. The summed E-state index contributed by atoms with van der Waals surface area (Å²) in [6.45, 7) is 5.73. The number of aryl methyl sites for hydroxylation is 2. The minimum absolute atomic E-state index is 0.0458. The molecule has 0 unspecified atom stereocenters. The van der Waals surface area contributed by atoms with Gasteiger partial charge in [0.1, 0.15) is 5.75 Å². The molecule has 0 bridgehead atoms. The lowest BCUT2D eigenvalue weighted by Gasteiger charge is -2.20. The predicted octanol–water partition coefficient (Wildman–Crippen LogP) is 4.01. The van der Waals surface area contributed by atoms with E-state index >= 15 is 0 Å². The maximum absolute atomic E-state index is 12.1. The molecule has 2 aromatic rings. The third kappa shape index (κ3) is 3.04. The van der Waals surface area contributed by atoms with E-state index in [1.54, 1.807) is 19.0 Å². The van der Waals surface area contributed by atoms with Gasteiger partial charge in [0.05, 0.1) is 18.9 Å². The van der Waals surface area contributed by atoms with Crippen molar-refractivity contribution in [2.75, 3.05) is 7.11 Å². The summed E-state index contributed by atoms with van der Waals surface area (Å²) in [7, 11) is 1.65. The molecule has 3 rings (SSSR count). The number of carbonyl (C=O) groups excluding carboxylic acids is 1. The molecule has 1 aliphatic rings. The molecule has 0 aromatic heterocycles. The number of hydrazone groups is 1. The van der Waals surface area contributed by atoms with Crippen LogP contribution >= 0.6 is 0 Å². The van der Waals surface area contributed by atoms with Gasteiger partial charge in [0.25, 0.3) is 0 Å². The van der Waals surface area contributed by atoms with Crippen LogP contribution in [0.2, 0.25) is 0 Å². The number of hydrogen-bond donors (Lipinski definition) is 0. The topological polar surface area (TPSA) is 41.9 Å². The Morgan fingerprint density at radius 2 is 1.88 bits per heavy atom. The maximum Gasteiger partial charge on any atom is 0.240 e. The van der Waals surface area contributed by atoms with Crippen molar-refractivity contribution in [2.24, 2.45) is 5.10 Å². The number of nitrogens with zero attached hydrogens (tertiary/aromatic N) is 2. The highest BCUT2D eigenvalue weighted by Gasteiger charge is 2.31. The average molecular weight is 322 g/mol. The molecule has 1 aliphatic heterocycles. The number of rotatable bonds is 3.